The van der Waals surface area contributed by atoms with Gasteiger partial charge in [-0.25, -0.2) is 0 Å². The molecule has 0 amide bonds. The first-order chi connectivity index (χ1) is 5.42. The molecule has 3 fully saturated rings. The predicted molar refractivity (Wildman–Crippen MR) is 42.4 cm³/mol. The van der Waals surface area contributed by atoms with Gasteiger partial charge in [0.15, 0.2) is 0 Å². The van der Waals surface area contributed by atoms with Crippen molar-refractivity contribution in [2.75, 3.05) is 19.7 Å². The minimum atomic E-state index is 0.606. The van der Waals surface area contributed by atoms with Crippen molar-refractivity contribution in [3.8, 4) is 0 Å². The van der Waals surface area contributed by atoms with Crippen LogP contribution in [-0.4, -0.2) is 36.7 Å². The normalized spacial score (nSPS) is 48.5. The molecule has 0 aromatic rings. The molecular formula is C9H15NO. The molecule has 1 saturated carbocycles. The molecule has 2 nitrogen and oxygen atoms in total. The smallest absolute Gasteiger partial charge is 0.0936 e. The largest absolute Gasteiger partial charge is 0.372 e. The van der Waals surface area contributed by atoms with E-state index in [2.05, 4.69) is 4.90 Å². The van der Waals surface area contributed by atoms with Gasteiger partial charge in [0.2, 0.25) is 0 Å². The quantitative estimate of drug-likeness (QED) is 0.547. The van der Waals surface area contributed by atoms with E-state index in [4.69, 9.17) is 4.74 Å². The van der Waals surface area contributed by atoms with E-state index < -0.39 is 0 Å². The Kier molecular flexibility index (Phi) is 1.29. The fourth-order valence-electron chi connectivity index (χ4n) is 2.69. The number of epoxide rings is 1. The molecule has 3 unspecified atom stereocenters. The third-order valence-corrected chi connectivity index (χ3v) is 3.36. The van der Waals surface area contributed by atoms with Crippen molar-refractivity contribution in [3.63, 3.8) is 0 Å². The molecule has 0 N–H and O–H groups in total. The molecule has 3 rings (SSSR count). The molecule has 3 aliphatic rings. The second-order valence-corrected chi connectivity index (χ2v) is 4.24. The van der Waals surface area contributed by atoms with Gasteiger partial charge in [-0.2, -0.15) is 0 Å². The van der Waals surface area contributed by atoms with Crippen molar-refractivity contribution in [1.82, 2.24) is 4.90 Å². The fourth-order valence-corrected chi connectivity index (χ4v) is 2.69. The average Bonchev–Trinajstić information content (AvgIpc) is 2.61. The van der Waals surface area contributed by atoms with Crippen LogP contribution in [0, 0.1) is 5.92 Å². The Morgan fingerprint density at radius 1 is 1.36 bits per heavy atom. The van der Waals surface area contributed by atoms with E-state index in [1.54, 1.807) is 0 Å². The van der Waals surface area contributed by atoms with Gasteiger partial charge in [-0.15, -0.1) is 0 Å². The lowest BCUT2D eigenvalue weighted by Crippen LogP contribution is -2.35. The molecule has 2 saturated heterocycles. The van der Waals surface area contributed by atoms with Crippen molar-refractivity contribution in [2.24, 2.45) is 5.92 Å². The Balaban J connectivity index is 1.62. The third kappa shape index (κ3) is 1.09. The first-order valence-electron chi connectivity index (χ1n) is 4.77. The summed E-state index contributed by atoms with van der Waals surface area (Å²) >= 11 is 0. The Morgan fingerprint density at radius 2 is 2.27 bits per heavy atom. The SMILES string of the molecule is C1CC2CC1CN2CC1CO1. The van der Waals surface area contributed by atoms with E-state index in [-0.39, 0.29) is 0 Å². The van der Waals surface area contributed by atoms with Crippen LogP contribution in [0.2, 0.25) is 0 Å². The van der Waals surface area contributed by atoms with Crippen molar-refractivity contribution in [3.05, 3.63) is 0 Å². The first kappa shape index (κ1) is 6.44. The summed E-state index contributed by atoms with van der Waals surface area (Å²) in [7, 11) is 0. The van der Waals surface area contributed by atoms with Gasteiger partial charge in [-0.05, 0) is 25.2 Å². The maximum Gasteiger partial charge on any atom is 0.0936 e. The minimum Gasteiger partial charge on any atom is -0.372 e. The summed E-state index contributed by atoms with van der Waals surface area (Å²) in [5.74, 6) is 1.04. The number of hydrogen-bond donors (Lipinski definition) is 0. The van der Waals surface area contributed by atoms with Crippen molar-refractivity contribution in [2.45, 2.75) is 31.4 Å². The number of piperidine rings is 1. The van der Waals surface area contributed by atoms with Gasteiger partial charge in [0.05, 0.1) is 12.7 Å². The second kappa shape index (κ2) is 2.20. The van der Waals surface area contributed by atoms with Gasteiger partial charge in [0, 0.05) is 19.1 Å². The van der Waals surface area contributed by atoms with Crippen LogP contribution in [0.3, 0.4) is 0 Å². The van der Waals surface area contributed by atoms with Gasteiger partial charge >= 0.3 is 0 Å². The maximum atomic E-state index is 5.24. The van der Waals surface area contributed by atoms with E-state index in [0.29, 0.717) is 6.10 Å². The Labute approximate surface area is 67.5 Å². The van der Waals surface area contributed by atoms with Crippen molar-refractivity contribution < 1.29 is 4.74 Å². The van der Waals surface area contributed by atoms with Crippen LogP contribution in [0.5, 0.6) is 0 Å². The summed E-state index contributed by atoms with van der Waals surface area (Å²) in [5.41, 5.74) is 0. The zero-order valence-corrected chi connectivity index (χ0v) is 6.83. The van der Waals surface area contributed by atoms with Crippen molar-refractivity contribution >= 4 is 0 Å². The van der Waals surface area contributed by atoms with Crippen LogP contribution in [0.15, 0.2) is 0 Å². The van der Waals surface area contributed by atoms with Crippen LogP contribution in [0.25, 0.3) is 0 Å². The van der Waals surface area contributed by atoms with E-state index in [0.717, 1.165) is 18.6 Å². The van der Waals surface area contributed by atoms with E-state index >= 15 is 0 Å². The molecule has 0 radical (unpaired) electrons. The van der Waals surface area contributed by atoms with Crippen LogP contribution in [-0.2, 0) is 4.74 Å². The molecular weight excluding hydrogens is 138 g/mol. The number of fused-ring (bicyclic) bond motifs is 2. The van der Waals surface area contributed by atoms with Crippen molar-refractivity contribution in [1.29, 1.82) is 0 Å². The second-order valence-electron chi connectivity index (χ2n) is 4.24. The lowest BCUT2D eigenvalue weighted by Gasteiger charge is -2.25. The number of nitrogens with zero attached hydrogens (tertiary/aromatic N) is 1. The molecule has 1 aliphatic carbocycles. The number of likely N-dealkylation sites (tertiary alicyclic amines) is 1. The minimum absolute atomic E-state index is 0.606. The number of ether oxygens (including phenoxy) is 1. The molecule has 3 atom stereocenters. The molecule has 0 aromatic carbocycles. The lowest BCUT2D eigenvalue weighted by atomic mass is 10.1. The van der Waals surface area contributed by atoms with Gasteiger partial charge in [0.25, 0.3) is 0 Å². The monoisotopic (exact) mass is 153 g/mol. The highest BCUT2D eigenvalue weighted by molar-refractivity contribution is 4.93. The molecule has 2 bridgehead atoms. The zero-order valence-electron chi connectivity index (χ0n) is 6.83. The number of hydrogen-bond acceptors (Lipinski definition) is 2. The van der Waals surface area contributed by atoms with Crippen LogP contribution < -0.4 is 0 Å². The topological polar surface area (TPSA) is 15.8 Å². The molecule has 11 heavy (non-hydrogen) atoms. The molecule has 2 aliphatic heterocycles. The zero-order chi connectivity index (χ0) is 7.26. The fraction of sp³-hybridized carbons (Fsp3) is 1.00. The number of rotatable bonds is 2. The van der Waals surface area contributed by atoms with E-state index in [9.17, 15) is 0 Å². The Bertz CT molecular complexity index is 167. The van der Waals surface area contributed by atoms with Crippen LogP contribution >= 0.6 is 0 Å². The molecule has 2 heteroatoms. The standard InChI is InChI=1S/C9H15NO/c1-2-8-3-7(1)4-10(8)5-9-6-11-9/h7-9H,1-6H2. The summed E-state index contributed by atoms with van der Waals surface area (Å²) in [6.45, 7) is 3.61. The summed E-state index contributed by atoms with van der Waals surface area (Å²) in [4.78, 5) is 2.64. The summed E-state index contributed by atoms with van der Waals surface area (Å²) in [6.07, 6.45) is 5.03. The highest BCUT2D eigenvalue weighted by atomic mass is 16.6. The van der Waals surface area contributed by atoms with Crippen LogP contribution in [0.1, 0.15) is 19.3 Å². The maximum absolute atomic E-state index is 5.24. The molecule has 0 aromatic heterocycles. The molecule has 62 valence electrons. The lowest BCUT2D eigenvalue weighted by molar-refractivity contribution is 0.194. The van der Waals surface area contributed by atoms with E-state index in [1.807, 2.05) is 0 Å². The Hall–Kier alpha value is -0.0800. The van der Waals surface area contributed by atoms with Gasteiger partial charge in [-0.3, -0.25) is 4.90 Å². The van der Waals surface area contributed by atoms with Gasteiger partial charge in [0.1, 0.15) is 0 Å². The van der Waals surface area contributed by atoms with Gasteiger partial charge in [-0.1, -0.05) is 0 Å². The average molecular weight is 153 g/mol. The predicted octanol–water partition coefficient (Wildman–Crippen LogP) is 0.869. The highest BCUT2D eigenvalue weighted by Gasteiger charge is 2.40. The van der Waals surface area contributed by atoms with E-state index in [1.165, 1.54) is 32.4 Å². The van der Waals surface area contributed by atoms with Gasteiger partial charge < -0.3 is 4.74 Å². The highest BCUT2D eigenvalue weighted by Crippen LogP contribution is 2.37. The molecule has 2 heterocycles. The molecule has 0 spiro atoms. The summed E-state index contributed by atoms with van der Waals surface area (Å²) < 4.78 is 5.24. The third-order valence-electron chi connectivity index (χ3n) is 3.36. The summed E-state index contributed by atoms with van der Waals surface area (Å²) in [5, 5.41) is 0. The Morgan fingerprint density at radius 3 is 2.82 bits per heavy atom. The van der Waals surface area contributed by atoms with Crippen LogP contribution in [0.4, 0.5) is 0 Å². The summed E-state index contributed by atoms with van der Waals surface area (Å²) in [6, 6.07) is 0.934. The first-order valence-corrected chi connectivity index (χ1v) is 4.77.